The lowest BCUT2D eigenvalue weighted by Gasteiger charge is -2.35. The number of piperazine rings is 1. The van der Waals surface area contributed by atoms with E-state index in [0.29, 0.717) is 19.6 Å². The quantitative estimate of drug-likeness (QED) is 0.775. The van der Waals surface area contributed by atoms with Gasteiger partial charge in [0, 0.05) is 32.7 Å². The monoisotopic (exact) mass is 256 g/mol. The van der Waals surface area contributed by atoms with Crippen molar-refractivity contribution in [1.29, 1.82) is 0 Å². The summed E-state index contributed by atoms with van der Waals surface area (Å²) in [5, 5.41) is 5.57. The molecule has 0 saturated carbocycles. The number of amides is 1. The smallest absolute Gasteiger partial charge is 0.243 e. The molecule has 7 heteroatoms. The number of nitrogens with one attached hydrogen (secondary N) is 2. The zero-order valence-corrected chi connectivity index (χ0v) is 9.91. The molecule has 1 amide bonds. The maximum absolute atomic E-state index is 13.7. The number of hydrogen-bond donors (Lipinski definition) is 2. The second-order valence-corrected chi connectivity index (χ2v) is 3.99. The highest BCUT2D eigenvalue weighted by Crippen LogP contribution is 2.20. The normalized spacial score (nSPS) is 19.7. The van der Waals surface area contributed by atoms with Gasteiger partial charge in [0.15, 0.2) is 11.6 Å². The van der Waals surface area contributed by atoms with E-state index in [1.165, 1.54) is 7.05 Å². The Morgan fingerprint density at radius 2 is 2.39 bits per heavy atom. The second kappa shape index (κ2) is 5.26. The van der Waals surface area contributed by atoms with Crippen LogP contribution in [0, 0.1) is 11.6 Å². The summed E-state index contributed by atoms with van der Waals surface area (Å²) in [6.07, 6.45) is 0.946. The van der Waals surface area contributed by atoms with Gasteiger partial charge in [0.1, 0.15) is 11.9 Å². The molecule has 0 aliphatic carbocycles. The number of rotatable bonds is 2. The molecule has 1 saturated heterocycles. The van der Waals surface area contributed by atoms with Crippen LogP contribution in [-0.2, 0) is 4.79 Å². The minimum absolute atomic E-state index is 0.00602. The Bertz CT molecular complexity index is 455. The minimum Gasteiger partial charge on any atom is -0.357 e. The van der Waals surface area contributed by atoms with Gasteiger partial charge in [0.25, 0.3) is 0 Å². The number of pyridine rings is 1. The molecule has 2 rings (SSSR count). The molecule has 1 unspecified atom stereocenters. The van der Waals surface area contributed by atoms with Gasteiger partial charge in [0.2, 0.25) is 5.91 Å². The lowest BCUT2D eigenvalue weighted by atomic mass is 10.1. The molecule has 0 aromatic carbocycles. The summed E-state index contributed by atoms with van der Waals surface area (Å²) in [5.74, 6) is -1.71. The van der Waals surface area contributed by atoms with Crippen LogP contribution in [0.2, 0.25) is 0 Å². The van der Waals surface area contributed by atoms with Crippen molar-refractivity contribution in [3.63, 3.8) is 0 Å². The molecule has 1 aliphatic heterocycles. The van der Waals surface area contributed by atoms with Crippen molar-refractivity contribution >= 4 is 11.7 Å². The Kier molecular flexibility index (Phi) is 3.71. The molecule has 5 nitrogen and oxygen atoms in total. The largest absolute Gasteiger partial charge is 0.357 e. The fourth-order valence-corrected chi connectivity index (χ4v) is 1.98. The maximum atomic E-state index is 13.7. The summed E-state index contributed by atoms with van der Waals surface area (Å²) in [5.41, 5.74) is 0. The highest BCUT2D eigenvalue weighted by Gasteiger charge is 2.30. The maximum Gasteiger partial charge on any atom is 0.243 e. The van der Waals surface area contributed by atoms with Crippen LogP contribution in [0.15, 0.2) is 12.3 Å². The van der Waals surface area contributed by atoms with E-state index in [4.69, 9.17) is 0 Å². The van der Waals surface area contributed by atoms with E-state index in [-0.39, 0.29) is 11.7 Å². The van der Waals surface area contributed by atoms with Gasteiger partial charge in [-0.15, -0.1) is 0 Å². The molecule has 2 heterocycles. The van der Waals surface area contributed by atoms with Crippen LogP contribution in [0.25, 0.3) is 0 Å². The Morgan fingerprint density at radius 1 is 1.61 bits per heavy atom. The van der Waals surface area contributed by atoms with Gasteiger partial charge in [0.05, 0.1) is 6.20 Å². The van der Waals surface area contributed by atoms with Crippen LogP contribution < -0.4 is 15.5 Å². The summed E-state index contributed by atoms with van der Waals surface area (Å²) >= 11 is 0. The number of halogens is 2. The zero-order chi connectivity index (χ0) is 13.1. The van der Waals surface area contributed by atoms with E-state index in [1.807, 2.05) is 0 Å². The molecule has 0 radical (unpaired) electrons. The van der Waals surface area contributed by atoms with Crippen LogP contribution in [0.3, 0.4) is 0 Å². The first-order chi connectivity index (χ1) is 8.63. The number of carbonyl (C=O) groups excluding carboxylic acids is 1. The molecule has 1 aromatic rings. The molecule has 1 atom stereocenters. The summed E-state index contributed by atoms with van der Waals surface area (Å²) in [7, 11) is 1.52. The molecule has 1 fully saturated rings. The van der Waals surface area contributed by atoms with Gasteiger partial charge < -0.3 is 15.5 Å². The van der Waals surface area contributed by atoms with Gasteiger partial charge in [-0.25, -0.2) is 13.8 Å². The Morgan fingerprint density at radius 3 is 3.06 bits per heavy atom. The number of anilines is 1. The van der Waals surface area contributed by atoms with E-state index in [1.54, 1.807) is 4.90 Å². The Hall–Kier alpha value is -1.76. The fraction of sp³-hybridized carbons (Fsp3) is 0.455. The molecule has 1 aliphatic rings. The molecule has 98 valence electrons. The summed E-state index contributed by atoms with van der Waals surface area (Å²) in [6.45, 7) is 1.46. The highest BCUT2D eigenvalue weighted by molar-refractivity contribution is 5.85. The van der Waals surface area contributed by atoms with E-state index >= 15 is 0 Å². The zero-order valence-electron chi connectivity index (χ0n) is 9.91. The second-order valence-electron chi connectivity index (χ2n) is 3.99. The SMILES string of the molecule is CNC(=O)C1CNCCN1c1ncc(F)cc1F. The number of likely N-dealkylation sites (N-methyl/N-ethyl adjacent to an activating group) is 1. The summed E-state index contributed by atoms with van der Waals surface area (Å²) < 4.78 is 26.5. The van der Waals surface area contributed by atoms with Gasteiger partial charge in [-0.05, 0) is 0 Å². The Labute approximate surface area is 103 Å². The fourth-order valence-electron chi connectivity index (χ4n) is 1.98. The lowest BCUT2D eigenvalue weighted by Crippen LogP contribution is -2.58. The number of nitrogens with zero attached hydrogens (tertiary/aromatic N) is 2. The van der Waals surface area contributed by atoms with Crippen LogP contribution in [0.4, 0.5) is 14.6 Å². The van der Waals surface area contributed by atoms with Crippen molar-refractivity contribution in [1.82, 2.24) is 15.6 Å². The van der Waals surface area contributed by atoms with Crippen molar-refractivity contribution in [2.45, 2.75) is 6.04 Å². The third-order valence-corrected chi connectivity index (χ3v) is 2.85. The van der Waals surface area contributed by atoms with Crippen LogP contribution in [-0.4, -0.2) is 43.6 Å². The Balaban J connectivity index is 2.30. The van der Waals surface area contributed by atoms with Crippen LogP contribution in [0.5, 0.6) is 0 Å². The van der Waals surface area contributed by atoms with Gasteiger partial charge in [-0.3, -0.25) is 4.79 Å². The first kappa shape index (κ1) is 12.7. The van der Waals surface area contributed by atoms with Crippen molar-refractivity contribution < 1.29 is 13.6 Å². The van der Waals surface area contributed by atoms with E-state index in [2.05, 4.69) is 15.6 Å². The number of carbonyl (C=O) groups is 1. The summed E-state index contributed by atoms with van der Waals surface area (Å²) in [6, 6.07) is 0.224. The molecule has 0 spiro atoms. The average Bonchev–Trinajstić information content (AvgIpc) is 2.38. The third-order valence-electron chi connectivity index (χ3n) is 2.85. The number of hydrogen-bond acceptors (Lipinski definition) is 4. The molecular formula is C11H14F2N4O. The highest BCUT2D eigenvalue weighted by atomic mass is 19.1. The third kappa shape index (κ3) is 2.40. The minimum atomic E-state index is -0.759. The molecule has 18 heavy (non-hydrogen) atoms. The predicted octanol–water partition coefficient (Wildman–Crippen LogP) is -0.116. The topological polar surface area (TPSA) is 57.3 Å². The van der Waals surface area contributed by atoms with Crippen molar-refractivity contribution in [2.24, 2.45) is 0 Å². The molecule has 0 bridgehead atoms. The standard InChI is InChI=1S/C11H14F2N4O/c1-14-11(18)9-6-15-2-3-17(9)10-8(13)4-7(12)5-16-10/h4-5,9,15H,2-3,6H2,1H3,(H,14,18). The molecule has 1 aromatic heterocycles. The van der Waals surface area contributed by atoms with Crippen molar-refractivity contribution in [3.8, 4) is 0 Å². The van der Waals surface area contributed by atoms with Crippen molar-refractivity contribution in [3.05, 3.63) is 23.9 Å². The van der Waals surface area contributed by atoms with E-state index < -0.39 is 17.7 Å². The lowest BCUT2D eigenvalue weighted by molar-refractivity contribution is -0.122. The first-order valence-electron chi connectivity index (χ1n) is 5.63. The molecule has 2 N–H and O–H groups in total. The summed E-state index contributed by atoms with van der Waals surface area (Å²) in [4.78, 5) is 17.0. The van der Waals surface area contributed by atoms with Crippen LogP contribution >= 0.6 is 0 Å². The van der Waals surface area contributed by atoms with Crippen LogP contribution in [0.1, 0.15) is 0 Å². The van der Waals surface area contributed by atoms with Gasteiger partial charge >= 0.3 is 0 Å². The molecular weight excluding hydrogens is 242 g/mol. The number of aromatic nitrogens is 1. The van der Waals surface area contributed by atoms with Gasteiger partial charge in [-0.1, -0.05) is 0 Å². The predicted molar refractivity (Wildman–Crippen MR) is 62.2 cm³/mol. The van der Waals surface area contributed by atoms with Gasteiger partial charge in [-0.2, -0.15) is 0 Å². The average molecular weight is 256 g/mol. The van der Waals surface area contributed by atoms with E-state index in [9.17, 15) is 13.6 Å². The van der Waals surface area contributed by atoms with E-state index in [0.717, 1.165) is 12.3 Å². The van der Waals surface area contributed by atoms with Crippen molar-refractivity contribution in [2.75, 3.05) is 31.6 Å². The first-order valence-corrected chi connectivity index (χ1v) is 5.63.